The molecule has 4 rings (SSSR count). The smallest absolute Gasteiger partial charge is 0.346 e. The maximum atomic E-state index is 12.7. The van der Waals surface area contributed by atoms with Crippen LogP contribution in [0.2, 0.25) is 0 Å². The lowest BCUT2D eigenvalue weighted by Gasteiger charge is -2.16. The van der Waals surface area contributed by atoms with Crippen molar-refractivity contribution in [1.82, 2.24) is 24.6 Å². The van der Waals surface area contributed by atoms with Crippen LogP contribution < -0.4 is 11.0 Å². The second-order valence-electron chi connectivity index (χ2n) is 6.94. The van der Waals surface area contributed by atoms with Crippen LogP contribution in [0, 0.1) is 5.92 Å². The van der Waals surface area contributed by atoms with Crippen molar-refractivity contribution in [3.63, 3.8) is 0 Å². The molecule has 2 heterocycles. The van der Waals surface area contributed by atoms with Crippen molar-refractivity contribution in [2.75, 3.05) is 6.54 Å². The van der Waals surface area contributed by atoms with Crippen LogP contribution in [0.5, 0.6) is 0 Å². The molecular formula is C19H23N5O2. The van der Waals surface area contributed by atoms with Gasteiger partial charge in [-0.3, -0.25) is 14.3 Å². The van der Waals surface area contributed by atoms with Gasteiger partial charge in [-0.25, -0.2) is 9.48 Å². The van der Waals surface area contributed by atoms with Crippen LogP contribution in [-0.4, -0.2) is 31.8 Å². The number of nitrogens with one attached hydrogen (secondary N) is 1. The van der Waals surface area contributed by atoms with Gasteiger partial charge >= 0.3 is 5.69 Å². The average Bonchev–Trinajstić information content (AvgIpc) is 3.47. The summed E-state index contributed by atoms with van der Waals surface area (Å²) >= 11 is 0. The molecular weight excluding hydrogens is 330 g/mol. The Morgan fingerprint density at radius 1 is 1.27 bits per heavy atom. The second-order valence-corrected chi connectivity index (χ2v) is 6.94. The summed E-state index contributed by atoms with van der Waals surface area (Å²) in [5.41, 5.74) is 0.731. The fraction of sp³-hybridized carbons (Fsp3) is 0.474. The number of amides is 1. The first-order chi connectivity index (χ1) is 12.7. The van der Waals surface area contributed by atoms with Gasteiger partial charge in [-0.1, -0.05) is 12.2 Å². The highest BCUT2D eigenvalue weighted by atomic mass is 16.2. The zero-order chi connectivity index (χ0) is 17.9. The van der Waals surface area contributed by atoms with Gasteiger partial charge in [0, 0.05) is 36.5 Å². The van der Waals surface area contributed by atoms with Crippen LogP contribution in [0.1, 0.15) is 38.1 Å². The van der Waals surface area contributed by atoms with E-state index in [-0.39, 0.29) is 23.6 Å². The fourth-order valence-corrected chi connectivity index (χ4v) is 3.38. The first-order valence-electron chi connectivity index (χ1n) is 9.26. The lowest BCUT2D eigenvalue weighted by Crippen LogP contribution is -2.35. The molecule has 7 heteroatoms. The standard InChI is InChI=1S/C19H23N5O2/c25-18(14-5-2-1-3-6-14)21-11-12-23-19(26)24(16-8-9-16)17(22-23)15-7-4-10-20-13-15/h1-2,4,7,10,13-14,16H,3,5-6,8-9,11-12H2,(H,21,25). The molecule has 1 N–H and O–H groups in total. The summed E-state index contributed by atoms with van der Waals surface area (Å²) < 4.78 is 3.23. The molecule has 26 heavy (non-hydrogen) atoms. The monoisotopic (exact) mass is 353 g/mol. The van der Waals surface area contributed by atoms with Gasteiger partial charge in [0.15, 0.2) is 5.82 Å². The number of hydrogen-bond donors (Lipinski definition) is 1. The maximum Gasteiger partial charge on any atom is 0.346 e. The van der Waals surface area contributed by atoms with Gasteiger partial charge in [-0.15, -0.1) is 5.10 Å². The number of rotatable bonds is 6. The molecule has 2 aliphatic rings. The van der Waals surface area contributed by atoms with Crippen LogP contribution in [-0.2, 0) is 11.3 Å². The van der Waals surface area contributed by atoms with E-state index in [2.05, 4.69) is 27.6 Å². The summed E-state index contributed by atoms with van der Waals surface area (Å²) in [5.74, 6) is 0.776. The zero-order valence-corrected chi connectivity index (χ0v) is 14.7. The lowest BCUT2D eigenvalue weighted by molar-refractivity contribution is -0.125. The van der Waals surface area contributed by atoms with Gasteiger partial charge in [0.2, 0.25) is 5.91 Å². The molecule has 0 saturated heterocycles. The van der Waals surface area contributed by atoms with Crippen molar-refractivity contribution >= 4 is 5.91 Å². The molecule has 0 bridgehead atoms. The molecule has 1 fully saturated rings. The van der Waals surface area contributed by atoms with Gasteiger partial charge in [0.05, 0.1) is 6.54 Å². The third kappa shape index (κ3) is 3.47. The topological polar surface area (TPSA) is 81.8 Å². The predicted octanol–water partition coefficient (Wildman–Crippen LogP) is 1.91. The average molecular weight is 353 g/mol. The number of carbonyl (C=O) groups is 1. The second kappa shape index (κ2) is 7.27. The molecule has 2 aromatic heterocycles. The van der Waals surface area contributed by atoms with E-state index in [1.54, 1.807) is 17.0 Å². The molecule has 0 spiro atoms. The minimum absolute atomic E-state index is 0.0479. The van der Waals surface area contributed by atoms with Crippen molar-refractivity contribution < 1.29 is 4.79 Å². The van der Waals surface area contributed by atoms with Crippen molar-refractivity contribution in [2.45, 2.75) is 44.7 Å². The number of pyridine rings is 1. The first-order valence-corrected chi connectivity index (χ1v) is 9.26. The third-order valence-corrected chi connectivity index (χ3v) is 4.96. The SMILES string of the molecule is O=C(NCCn1nc(-c2cccnc2)n(C2CC2)c1=O)C1CC=CCC1. The Morgan fingerprint density at radius 2 is 2.15 bits per heavy atom. The first kappa shape index (κ1) is 16.8. The zero-order valence-electron chi connectivity index (χ0n) is 14.7. The van der Waals surface area contributed by atoms with Crippen LogP contribution >= 0.6 is 0 Å². The van der Waals surface area contributed by atoms with Crippen molar-refractivity contribution in [2.24, 2.45) is 5.92 Å². The summed E-state index contributed by atoms with van der Waals surface area (Å²) in [6.07, 6.45) is 12.3. The Hall–Kier alpha value is -2.70. The Balaban J connectivity index is 1.46. The Kier molecular flexibility index (Phi) is 4.69. The Labute approximate surface area is 151 Å². The summed E-state index contributed by atoms with van der Waals surface area (Å²) in [7, 11) is 0. The van der Waals surface area contributed by atoms with E-state index in [9.17, 15) is 9.59 Å². The largest absolute Gasteiger partial charge is 0.354 e. The van der Waals surface area contributed by atoms with E-state index in [1.165, 1.54) is 4.68 Å². The van der Waals surface area contributed by atoms with E-state index in [0.29, 0.717) is 18.9 Å². The van der Waals surface area contributed by atoms with Crippen LogP contribution in [0.4, 0.5) is 0 Å². The van der Waals surface area contributed by atoms with E-state index in [4.69, 9.17) is 0 Å². The molecule has 0 radical (unpaired) electrons. The number of nitrogens with zero attached hydrogens (tertiary/aromatic N) is 4. The van der Waals surface area contributed by atoms with E-state index in [1.807, 2.05) is 12.1 Å². The molecule has 0 aromatic carbocycles. The minimum Gasteiger partial charge on any atom is -0.354 e. The predicted molar refractivity (Wildman–Crippen MR) is 97.5 cm³/mol. The van der Waals surface area contributed by atoms with Gasteiger partial charge < -0.3 is 5.32 Å². The number of carbonyl (C=O) groups excluding carboxylic acids is 1. The highest BCUT2D eigenvalue weighted by Crippen LogP contribution is 2.36. The fourth-order valence-electron chi connectivity index (χ4n) is 3.38. The molecule has 2 aliphatic carbocycles. The Morgan fingerprint density at radius 3 is 2.85 bits per heavy atom. The Bertz CT molecular complexity index is 864. The van der Waals surface area contributed by atoms with Crippen molar-refractivity contribution in [1.29, 1.82) is 0 Å². The van der Waals surface area contributed by atoms with Crippen LogP contribution in [0.15, 0.2) is 41.5 Å². The molecule has 136 valence electrons. The van der Waals surface area contributed by atoms with E-state index in [0.717, 1.165) is 37.7 Å². The normalized spacial score (nSPS) is 19.5. The quantitative estimate of drug-likeness (QED) is 0.805. The van der Waals surface area contributed by atoms with Crippen LogP contribution in [0.25, 0.3) is 11.4 Å². The summed E-state index contributed by atoms with van der Waals surface area (Å²) in [5, 5.41) is 7.46. The molecule has 7 nitrogen and oxygen atoms in total. The minimum atomic E-state index is -0.110. The van der Waals surface area contributed by atoms with Gasteiger partial charge in [-0.2, -0.15) is 0 Å². The summed E-state index contributed by atoms with van der Waals surface area (Å²) in [4.78, 5) is 29.1. The number of aromatic nitrogens is 4. The third-order valence-electron chi connectivity index (χ3n) is 4.96. The maximum absolute atomic E-state index is 12.7. The van der Waals surface area contributed by atoms with Crippen LogP contribution in [0.3, 0.4) is 0 Å². The van der Waals surface area contributed by atoms with Crippen molar-refractivity contribution in [3.05, 3.63) is 47.2 Å². The highest BCUT2D eigenvalue weighted by Gasteiger charge is 2.30. The molecule has 1 atom stereocenters. The molecule has 1 amide bonds. The summed E-state index contributed by atoms with van der Waals surface area (Å²) in [6.45, 7) is 0.785. The van der Waals surface area contributed by atoms with E-state index >= 15 is 0 Å². The number of allylic oxidation sites excluding steroid dienone is 2. The lowest BCUT2D eigenvalue weighted by atomic mass is 9.94. The molecule has 1 unspecified atom stereocenters. The van der Waals surface area contributed by atoms with Gasteiger partial charge in [0.1, 0.15) is 0 Å². The molecule has 1 saturated carbocycles. The summed E-state index contributed by atoms with van der Waals surface area (Å²) in [6, 6.07) is 3.99. The molecule has 2 aromatic rings. The van der Waals surface area contributed by atoms with Gasteiger partial charge in [-0.05, 0) is 44.2 Å². The molecule has 0 aliphatic heterocycles. The van der Waals surface area contributed by atoms with E-state index < -0.39 is 0 Å². The number of hydrogen-bond acceptors (Lipinski definition) is 4. The highest BCUT2D eigenvalue weighted by molar-refractivity contribution is 5.78. The van der Waals surface area contributed by atoms with Gasteiger partial charge in [0.25, 0.3) is 0 Å². The van der Waals surface area contributed by atoms with Crippen molar-refractivity contribution in [3.8, 4) is 11.4 Å².